The summed E-state index contributed by atoms with van der Waals surface area (Å²) in [5.74, 6) is -0.180. The molecule has 1 aromatic carbocycles. The summed E-state index contributed by atoms with van der Waals surface area (Å²) in [6.07, 6.45) is 1.80. The summed E-state index contributed by atoms with van der Waals surface area (Å²) in [4.78, 5) is 12.0. The molecule has 5 nitrogen and oxygen atoms in total. The van der Waals surface area contributed by atoms with E-state index >= 15 is 0 Å². The lowest BCUT2D eigenvalue weighted by Crippen LogP contribution is -2.34. The maximum Gasteiger partial charge on any atom is 0.251 e. The lowest BCUT2D eigenvalue weighted by molar-refractivity contribution is 0.0869. The number of carbonyl (C=O) groups is 1. The third kappa shape index (κ3) is 3.81. The highest BCUT2D eigenvalue weighted by molar-refractivity contribution is 5.97. The highest BCUT2D eigenvalue weighted by atomic mass is 16.3. The monoisotopic (exact) mass is 275 g/mol. The molecule has 108 valence electrons. The summed E-state index contributed by atoms with van der Waals surface area (Å²) < 4.78 is 0. The van der Waals surface area contributed by atoms with Crippen molar-refractivity contribution in [3.05, 3.63) is 30.0 Å². The van der Waals surface area contributed by atoms with Gasteiger partial charge in [-0.1, -0.05) is 20.8 Å². The summed E-state index contributed by atoms with van der Waals surface area (Å²) in [6.45, 7) is 6.44. The van der Waals surface area contributed by atoms with Crippen LogP contribution in [-0.2, 0) is 0 Å². The molecule has 0 fully saturated rings. The average Bonchev–Trinajstić information content (AvgIpc) is 2.80. The van der Waals surface area contributed by atoms with Crippen LogP contribution in [-0.4, -0.2) is 33.9 Å². The summed E-state index contributed by atoms with van der Waals surface area (Å²) >= 11 is 0. The molecule has 3 N–H and O–H groups in total. The first-order valence-electron chi connectivity index (χ1n) is 6.74. The van der Waals surface area contributed by atoms with Gasteiger partial charge in [0.2, 0.25) is 0 Å². The molecule has 0 saturated heterocycles. The summed E-state index contributed by atoms with van der Waals surface area (Å²) in [7, 11) is 0. The summed E-state index contributed by atoms with van der Waals surface area (Å²) in [5.41, 5.74) is 1.51. The Morgan fingerprint density at radius 1 is 1.45 bits per heavy atom. The third-order valence-electron chi connectivity index (χ3n) is 3.05. The van der Waals surface area contributed by atoms with Gasteiger partial charge in [-0.15, -0.1) is 0 Å². The number of hydrogen-bond acceptors (Lipinski definition) is 3. The van der Waals surface area contributed by atoms with E-state index in [0.29, 0.717) is 12.0 Å². The van der Waals surface area contributed by atoms with Crippen molar-refractivity contribution in [2.75, 3.05) is 6.54 Å². The van der Waals surface area contributed by atoms with Gasteiger partial charge in [-0.05, 0) is 30.0 Å². The molecule has 1 aromatic heterocycles. The largest absolute Gasteiger partial charge is 0.391 e. The number of H-pyrrole nitrogens is 1. The molecule has 1 amide bonds. The van der Waals surface area contributed by atoms with Crippen molar-refractivity contribution in [1.82, 2.24) is 15.5 Å². The fourth-order valence-corrected chi connectivity index (χ4v) is 2.18. The second kappa shape index (κ2) is 5.63. The van der Waals surface area contributed by atoms with Crippen LogP contribution in [0.5, 0.6) is 0 Å². The van der Waals surface area contributed by atoms with Crippen LogP contribution < -0.4 is 5.32 Å². The zero-order valence-corrected chi connectivity index (χ0v) is 12.1. The molecular formula is C15H21N3O2. The molecule has 20 heavy (non-hydrogen) atoms. The lowest BCUT2D eigenvalue weighted by atomic mass is 9.89. The molecule has 0 saturated carbocycles. The Morgan fingerprint density at radius 3 is 2.90 bits per heavy atom. The number of aromatic amines is 1. The fourth-order valence-electron chi connectivity index (χ4n) is 2.18. The highest BCUT2D eigenvalue weighted by Crippen LogP contribution is 2.20. The molecule has 5 heteroatoms. The molecule has 0 aliphatic rings. The van der Waals surface area contributed by atoms with Crippen LogP contribution in [0.15, 0.2) is 24.4 Å². The van der Waals surface area contributed by atoms with Gasteiger partial charge in [-0.3, -0.25) is 9.89 Å². The van der Waals surface area contributed by atoms with Crippen LogP contribution in [0.1, 0.15) is 37.6 Å². The molecule has 0 aliphatic carbocycles. The Kier molecular flexibility index (Phi) is 4.09. The Labute approximate surface area is 118 Å². The highest BCUT2D eigenvalue weighted by Gasteiger charge is 2.17. The molecule has 0 aliphatic heterocycles. The van der Waals surface area contributed by atoms with Crippen molar-refractivity contribution in [1.29, 1.82) is 0 Å². The maximum atomic E-state index is 12.0. The van der Waals surface area contributed by atoms with Crippen molar-refractivity contribution in [2.45, 2.75) is 33.3 Å². The molecule has 1 unspecified atom stereocenters. The number of rotatable bonds is 4. The van der Waals surface area contributed by atoms with Gasteiger partial charge < -0.3 is 10.4 Å². The Bertz CT molecular complexity index is 598. The Hall–Kier alpha value is -1.88. The molecule has 2 aromatic rings. The second-order valence-electron chi connectivity index (χ2n) is 6.30. The van der Waals surface area contributed by atoms with Crippen LogP contribution in [0.4, 0.5) is 0 Å². The van der Waals surface area contributed by atoms with E-state index in [1.165, 1.54) is 0 Å². The van der Waals surface area contributed by atoms with Gasteiger partial charge >= 0.3 is 0 Å². The first kappa shape index (κ1) is 14.5. The number of amides is 1. The van der Waals surface area contributed by atoms with E-state index in [1.54, 1.807) is 18.3 Å². The summed E-state index contributed by atoms with van der Waals surface area (Å²) in [5, 5.41) is 20.3. The van der Waals surface area contributed by atoms with Crippen LogP contribution in [0, 0.1) is 5.41 Å². The topological polar surface area (TPSA) is 78.0 Å². The van der Waals surface area contributed by atoms with E-state index in [1.807, 2.05) is 6.07 Å². The second-order valence-corrected chi connectivity index (χ2v) is 6.30. The van der Waals surface area contributed by atoms with Crippen LogP contribution >= 0.6 is 0 Å². The number of nitrogens with zero attached hydrogens (tertiary/aromatic N) is 1. The quantitative estimate of drug-likeness (QED) is 0.799. The van der Waals surface area contributed by atoms with Crippen LogP contribution in [0.2, 0.25) is 0 Å². The van der Waals surface area contributed by atoms with E-state index in [0.717, 1.165) is 10.9 Å². The van der Waals surface area contributed by atoms with E-state index in [2.05, 4.69) is 36.3 Å². The molecule has 2 rings (SSSR count). The first-order valence-corrected chi connectivity index (χ1v) is 6.74. The number of aliphatic hydroxyl groups excluding tert-OH is 1. The number of benzene rings is 1. The van der Waals surface area contributed by atoms with Gasteiger partial charge in [0.1, 0.15) is 0 Å². The minimum atomic E-state index is -0.531. The molecule has 0 radical (unpaired) electrons. The van der Waals surface area contributed by atoms with E-state index in [4.69, 9.17) is 0 Å². The van der Waals surface area contributed by atoms with Crippen molar-refractivity contribution in [2.24, 2.45) is 5.41 Å². The number of hydrogen-bond donors (Lipinski definition) is 3. The smallest absolute Gasteiger partial charge is 0.251 e. The summed E-state index contributed by atoms with van der Waals surface area (Å²) in [6, 6.07) is 5.35. The van der Waals surface area contributed by atoms with Crippen molar-refractivity contribution in [3.8, 4) is 0 Å². The number of fused-ring (bicyclic) bond motifs is 1. The molecule has 1 atom stereocenters. The lowest BCUT2D eigenvalue weighted by Gasteiger charge is -2.22. The first-order chi connectivity index (χ1) is 9.35. The van der Waals surface area contributed by atoms with Gasteiger partial charge in [0.25, 0.3) is 5.91 Å². The van der Waals surface area contributed by atoms with Gasteiger partial charge in [0.15, 0.2) is 0 Å². The predicted octanol–water partition coefficient (Wildman–Crippen LogP) is 2.09. The standard InChI is InChI=1S/C15H21N3O2/c1-15(2,3)7-12(19)9-16-14(20)10-4-5-13-11(6-10)8-17-18-13/h4-6,8,12,19H,7,9H2,1-3H3,(H,16,20)(H,17,18). The van der Waals surface area contributed by atoms with Crippen molar-refractivity contribution >= 4 is 16.8 Å². The third-order valence-corrected chi connectivity index (χ3v) is 3.05. The average molecular weight is 275 g/mol. The van der Waals surface area contributed by atoms with Crippen molar-refractivity contribution < 1.29 is 9.90 Å². The zero-order chi connectivity index (χ0) is 14.8. The van der Waals surface area contributed by atoms with Crippen LogP contribution in [0.3, 0.4) is 0 Å². The normalized spacial score (nSPS) is 13.4. The van der Waals surface area contributed by atoms with Gasteiger partial charge in [0.05, 0.1) is 17.8 Å². The zero-order valence-electron chi connectivity index (χ0n) is 12.1. The van der Waals surface area contributed by atoms with Crippen molar-refractivity contribution in [3.63, 3.8) is 0 Å². The number of carbonyl (C=O) groups excluding carboxylic acids is 1. The number of aliphatic hydroxyl groups is 1. The number of aromatic nitrogens is 2. The van der Waals surface area contributed by atoms with Crippen LogP contribution in [0.25, 0.3) is 10.9 Å². The fraction of sp³-hybridized carbons (Fsp3) is 0.467. The van der Waals surface area contributed by atoms with E-state index in [9.17, 15) is 9.90 Å². The maximum absolute atomic E-state index is 12.0. The molecule has 0 bridgehead atoms. The van der Waals surface area contributed by atoms with E-state index < -0.39 is 6.10 Å². The minimum absolute atomic E-state index is 0.0415. The Morgan fingerprint density at radius 2 is 2.20 bits per heavy atom. The van der Waals surface area contributed by atoms with Gasteiger partial charge in [-0.25, -0.2) is 0 Å². The number of nitrogens with one attached hydrogen (secondary N) is 2. The minimum Gasteiger partial charge on any atom is -0.391 e. The predicted molar refractivity (Wildman–Crippen MR) is 78.5 cm³/mol. The molecule has 1 heterocycles. The molecule has 0 spiro atoms. The SMILES string of the molecule is CC(C)(C)CC(O)CNC(=O)c1ccc2[nH]ncc2c1. The van der Waals surface area contributed by atoms with Gasteiger partial charge in [0, 0.05) is 17.5 Å². The van der Waals surface area contributed by atoms with Gasteiger partial charge in [-0.2, -0.15) is 5.10 Å². The van der Waals surface area contributed by atoms with E-state index in [-0.39, 0.29) is 17.9 Å². The molecular weight excluding hydrogens is 254 g/mol. The Balaban J connectivity index is 1.94.